The van der Waals surface area contributed by atoms with Crippen LogP contribution in [0.1, 0.15) is 26.6 Å². The molecule has 0 saturated heterocycles. The molecule has 0 atom stereocenters. The number of amides is 1. The molecule has 0 radical (unpaired) electrons. The number of H-pyrrole nitrogens is 1. The van der Waals surface area contributed by atoms with Crippen LogP contribution in [0.4, 0.5) is 0 Å². The Hall–Kier alpha value is -2.55. The summed E-state index contributed by atoms with van der Waals surface area (Å²) in [5.41, 5.74) is 1.38. The molecule has 3 rings (SSSR count). The number of nitrogens with zero attached hydrogens (tertiary/aromatic N) is 3. The van der Waals surface area contributed by atoms with Crippen molar-refractivity contribution in [3.05, 3.63) is 62.5 Å². The van der Waals surface area contributed by atoms with Gasteiger partial charge in [0.2, 0.25) is 0 Å². The fourth-order valence-corrected chi connectivity index (χ4v) is 4.26. The highest BCUT2D eigenvalue weighted by Crippen LogP contribution is 2.28. The zero-order chi connectivity index (χ0) is 20.3. The van der Waals surface area contributed by atoms with Crippen LogP contribution in [0, 0.1) is 6.92 Å². The summed E-state index contributed by atoms with van der Waals surface area (Å²) in [6, 6.07) is 9.63. The Labute approximate surface area is 167 Å². The van der Waals surface area contributed by atoms with Crippen LogP contribution in [0.25, 0.3) is 10.2 Å². The lowest BCUT2D eigenvalue weighted by atomic mass is 10.1. The van der Waals surface area contributed by atoms with E-state index < -0.39 is 0 Å². The predicted molar refractivity (Wildman–Crippen MR) is 111 cm³/mol. The van der Waals surface area contributed by atoms with E-state index in [4.69, 9.17) is 0 Å². The van der Waals surface area contributed by atoms with Gasteiger partial charge in [-0.1, -0.05) is 30.3 Å². The largest absolute Gasteiger partial charge is 0.395 e. The van der Waals surface area contributed by atoms with Crippen LogP contribution < -0.4 is 5.56 Å². The van der Waals surface area contributed by atoms with E-state index in [1.807, 2.05) is 49.3 Å². The summed E-state index contributed by atoms with van der Waals surface area (Å²) in [5, 5.41) is 9.88. The Morgan fingerprint density at radius 2 is 1.93 bits per heavy atom. The average molecular weight is 401 g/mol. The molecule has 28 heavy (non-hydrogen) atoms. The molecule has 2 heterocycles. The Balaban J connectivity index is 1.98. The number of aromatic nitrogens is 2. The molecule has 0 fully saturated rings. The molecule has 148 valence electrons. The Kier molecular flexibility index (Phi) is 6.23. The molecule has 2 aromatic heterocycles. The molecular weight excluding hydrogens is 376 g/mol. The van der Waals surface area contributed by atoms with Crippen molar-refractivity contribution in [3.8, 4) is 0 Å². The lowest BCUT2D eigenvalue weighted by Crippen LogP contribution is -2.33. The number of nitrogens with one attached hydrogen (secondary N) is 1. The van der Waals surface area contributed by atoms with E-state index in [1.54, 1.807) is 11.8 Å². The zero-order valence-corrected chi connectivity index (χ0v) is 17.0. The third-order valence-corrected chi connectivity index (χ3v) is 5.56. The number of hydrogen-bond acceptors (Lipinski definition) is 6. The van der Waals surface area contributed by atoms with Gasteiger partial charge in [-0.25, -0.2) is 4.98 Å². The topological polar surface area (TPSA) is 89.5 Å². The van der Waals surface area contributed by atoms with Gasteiger partial charge < -0.3 is 19.9 Å². The first-order chi connectivity index (χ1) is 13.4. The van der Waals surface area contributed by atoms with Gasteiger partial charge in [0.25, 0.3) is 11.5 Å². The standard InChI is InChI=1S/C20H24N4O3S/c1-13-16-18(26)21-15(12-23(2)3)22-19(16)28-17(13)20(27)24(9-10-25)11-14-7-5-4-6-8-14/h4-8,25H,9-12H2,1-3H3,(H,21,22,26). The van der Waals surface area contributed by atoms with Crippen LogP contribution in [-0.4, -0.2) is 58.0 Å². The van der Waals surface area contributed by atoms with Gasteiger partial charge in [0.05, 0.1) is 23.4 Å². The molecular formula is C20H24N4O3S. The summed E-state index contributed by atoms with van der Waals surface area (Å²) in [6.07, 6.45) is 0. The second-order valence-electron chi connectivity index (χ2n) is 6.92. The monoisotopic (exact) mass is 400 g/mol. The number of aryl methyl sites for hydroxylation is 1. The number of aliphatic hydroxyl groups is 1. The lowest BCUT2D eigenvalue weighted by Gasteiger charge is -2.21. The van der Waals surface area contributed by atoms with E-state index in [2.05, 4.69) is 9.97 Å². The number of carbonyl (C=O) groups is 1. The predicted octanol–water partition coefficient (Wildman–Crippen LogP) is 1.99. The number of carbonyl (C=O) groups excluding carboxylic acids is 1. The van der Waals surface area contributed by atoms with E-state index in [-0.39, 0.29) is 24.6 Å². The second kappa shape index (κ2) is 8.64. The number of rotatable bonds is 7. The minimum absolute atomic E-state index is 0.131. The highest BCUT2D eigenvalue weighted by molar-refractivity contribution is 7.20. The third kappa shape index (κ3) is 4.30. The van der Waals surface area contributed by atoms with E-state index in [9.17, 15) is 14.7 Å². The van der Waals surface area contributed by atoms with Crippen molar-refractivity contribution in [1.29, 1.82) is 0 Å². The van der Waals surface area contributed by atoms with Crippen LogP contribution in [0.2, 0.25) is 0 Å². The first kappa shape index (κ1) is 20.2. The average Bonchev–Trinajstić information content (AvgIpc) is 2.98. The molecule has 0 aliphatic rings. The Bertz CT molecular complexity index is 1030. The summed E-state index contributed by atoms with van der Waals surface area (Å²) in [5.74, 6) is 0.367. The third-order valence-electron chi connectivity index (χ3n) is 4.38. The van der Waals surface area contributed by atoms with E-state index in [1.165, 1.54) is 11.3 Å². The molecule has 0 spiro atoms. The summed E-state index contributed by atoms with van der Waals surface area (Å²) in [7, 11) is 3.80. The van der Waals surface area contributed by atoms with Crippen molar-refractivity contribution in [2.24, 2.45) is 0 Å². The molecule has 0 saturated carbocycles. The zero-order valence-electron chi connectivity index (χ0n) is 16.2. The van der Waals surface area contributed by atoms with Gasteiger partial charge in [-0.05, 0) is 32.1 Å². The van der Waals surface area contributed by atoms with Crippen molar-refractivity contribution in [1.82, 2.24) is 19.8 Å². The molecule has 0 unspecified atom stereocenters. The van der Waals surface area contributed by atoms with Gasteiger partial charge in [0.1, 0.15) is 10.7 Å². The van der Waals surface area contributed by atoms with Gasteiger partial charge in [0.15, 0.2) is 0 Å². The number of hydrogen-bond donors (Lipinski definition) is 2. The molecule has 1 amide bonds. The minimum Gasteiger partial charge on any atom is -0.395 e. The number of benzene rings is 1. The highest BCUT2D eigenvalue weighted by atomic mass is 32.1. The highest BCUT2D eigenvalue weighted by Gasteiger charge is 2.23. The normalized spacial score (nSPS) is 11.3. The van der Waals surface area contributed by atoms with Crippen LogP contribution in [-0.2, 0) is 13.1 Å². The summed E-state index contributed by atoms with van der Waals surface area (Å²) >= 11 is 1.23. The van der Waals surface area contributed by atoms with Gasteiger partial charge >= 0.3 is 0 Å². The molecule has 1 aromatic carbocycles. The van der Waals surface area contributed by atoms with E-state index in [0.717, 1.165) is 5.56 Å². The van der Waals surface area contributed by atoms with Crippen molar-refractivity contribution in [3.63, 3.8) is 0 Å². The minimum atomic E-state index is -0.230. The Morgan fingerprint density at radius 3 is 2.57 bits per heavy atom. The summed E-state index contributed by atoms with van der Waals surface area (Å²) in [6.45, 7) is 2.76. The summed E-state index contributed by atoms with van der Waals surface area (Å²) in [4.78, 5) is 37.6. The van der Waals surface area contributed by atoms with E-state index in [0.29, 0.717) is 39.6 Å². The maximum atomic E-state index is 13.2. The first-order valence-corrected chi connectivity index (χ1v) is 9.83. The van der Waals surface area contributed by atoms with Crippen molar-refractivity contribution < 1.29 is 9.90 Å². The maximum Gasteiger partial charge on any atom is 0.264 e. The number of thiophene rings is 1. The number of aliphatic hydroxyl groups excluding tert-OH is 1. The summed E-state index contributed by atoms with van der Waals surface area (Å²) < 4.78 is 0. The molecule has 0 bridgehead atoms. The maximum absolute atomic E-state index is 13.2. The molecule has 2 N–H and O–H groups in total. The number of fused-ring (bicyclic) bond motifs is 1. The van der Waals surface area contributed by atoms with Crippen LogP contribution in [0.5, 0.6) is 0 Å². The van der Waals surface area contributed by atoms with Gasteiger partial charge in [0, 0.05) is 13.1 Å². The second-order valence-corrected chi connectivity index (χ2v) is 7.92. The quantitative estimate of drug-likeness (QED) is 0.633. The van der Waals surface area contributed by atoms with Crippen molar-refractivity contribution >= 4 is 27.5 Å². The molecule has 0 aliphatic carbocycles. The van der Waals surface area contributed by atoms with Crippen molar-refractivity contribution in [2.75, 3.05) is 27.2 Å². The lowest BCUT2D eigenvalue weighted by molar-refractivity contribution is 0.0712. The van der Waals surface area contributed by atoms with Crippen LogP contribution >= 0.6 is 11.3 Å². The molecule has 3 aromatic rings. The van der Waals surface area contributed by atoms with E-state index >= 15 is 0 Å². The molecule has 8 heteroatoms. The first-order valence-electron chi connectivity index (χ1n) is 9.01. The van der Waals surface area contributed by atoms with Crippen LogP contribution in [0.3, 0.4) is 0 Å². The Morgan fingerprint density at radius 1 is 1.21 bits per heavy atom. The van der Waals surface area contributed by atoms with Gasteiger partial charge in [-0.15, -0.1) is 11.3 Å². The fourth-order valence-electron chi connectivity index (χ4n) is 3.09. The van der Waals surface area contributed by atoms with Crippen LogP contribution in [0.15, 0.2) is 35.1 Å². The fraction of sp³-hybridized carbons (Fsp3) is 0.350. The smallest absolute Gasteiger partial charge is 0.264 e. The van der Waals surface area contributed by atoms with Crippen molar-refractivity contribution in [2.45, 2.75) is 20.0 Å². The number of aromatic amines is 1. The molecule has 0 aliphatic heterocycles. The SMILES string of the molecule is Cc1c(C(=O)N(CCO)Cc2ccccc2)sc2nc(CN(C)C)[nH]c(=O)c12. The molecule has 7 nitrogen and oxygen atoms in total. The van der Waals surface area contributed by atoms with Gasteiger partial charge in [-0.2, -0.15) is 0 Å². The van der Waals surface area contributed by atoms with Gasteiger partial charge in [-0.3, -0.25) is 9.59 Å².